The van der Waals surface area contributed by atoms with E-state index in [4.69, 9.17) is 4.74 Å². The van der Waals surface area contributed by atoms with Crippen LogP contribution in [0.5, 0.6) is 0 Å². The molecule has 1 N–H and O–H groups in total. The van der Waals surface area contributed by atoms with Crippen molar-refractivity contribution in [3.05, 3.63) is 71.3 Å². The SMILES string of the molecule is OC(CCN1CCN(CC2OCCc3ccccc32)CC1)c1ccccc1. The summed E-state index contributed by atoms with van der Waals surface area (Å²) in [6.07, 6.45) is 1.67. The highest BCUT2D eigenvalue weighted by atomic mass is 16.5. The zero-order chi connectivity index (χ0) is 18.5. The van der Waals surface area contributed by atoms with Crippen molar-refractivity contribution in [2.24, 2.45) is 0 Å². The zero-order valence-corrected chi connectivity index (χ0v) is 16.0. The summed E-state index contributed by atoms with van der Waals surface area (Å²) in [4.78, 5) is 5.00. The molecule has 2 aromatic carbocycles. The molecule has 1 fully saturated rings. The molecule has 2 aromatic rings. The van der Waals surface area contributed by atoms with Gasteiger partial charge in [0.15, 0.2) is 0 Å². The number of nitrogens with zero attached hydrogens (tertiary/aromatic N) is 2. The number of benzene rings is 2. The Morgan fingerprint density at radius 3 is 2.44 bits per heavy atom. The van der Waals surface area contributed by atoms with E-state index in [0.29, 0.717) is 0 Å². The summed E-state index contributed by atoms with van der Waals surface area (Å²) in [6.45, 7) is 7.04. The molecule has 0 amide bonds. The van der Waals surface area contributed by atoms with Gasteiger partial charge in [-0.1, -0.05) is 54.6 Å². The minimum absolute atomic E-state index is 0.210. The molecule has 0 saturated carbocycles. The van der Waals surface area contributed by atoms with Crippen LogP contribution >= 0.6 is 0 Å². The number of aliphatic hydroxyl groups is 1. The molecule has 2 unspecified atom stereocenters. The van der Waals surface area contributed by atoms with Crippen LogP contribution in [0.3, 0.4) is 0 Å². The molecule has 0 aliphatic carbocycles. The Hall–Kier alpha value is -1.72. The first-order chi connectivity index (χ1) is 13.3. The van der Waals surface area contributed by atoms with Crippen LogP contribution in [0.2, 0.25) is 0 Å². The van der Waals surface area contributed by atoms with Gasteiger partial charge in [-0.05, 0) is 29.5 Å². The van der Waals surface area contributed by atoms with Crippen molar-refractivity contribution >= 4 is 0 Å². The van der Waals surface area contributed by atoms with Crippen molar-refractivity contribution in [3.8, 4) is 0 Å². The summed E-state index contributed by atoms with van der Waals surface area (Å²) in [5.41, 5.74) is 3.84. The highest BCUT2D eigenvalue weighted by molar-refractivity contribution is 5.31. The molecule has 27 heavy (non-hydrogen) atoms. The van der Waals surface area contributed by atoms with Gasteiger partial charge in [0.25, 0.3) is 0 Å². The van der Waals surface area contributed by atoms with Gasteiger partial charge in [0.2, 0.25) is 0 Å². The van der Waals surface area contributed by atoms with Crippen molar-refractivity contribution in [1.29, 1.82) is 0 Å². The fourth-order valence-corrected chi connectivity index (χ4v) is 4.20. The first-order valence-electron chi connectivity index (χ1n) is 10.2. The summed E-state index contributed by atoms with van der Waals surface area (Å²) in [6, 6.07) is 18.7. The van der Waals surface area contributed by atoms with Gasteiger partial charge in [-0.25, -0.2) is 0 Å². The van der Waals surface area contributed by atoms with Crippen molar-refractivity contribution < 1.29 is 9.84 Å². The quantitative estimate of drug-likeness (QED) is 0.852. The van der Waals surface area contributed by atoms with Crippen LogP contribution in [0, 0.1) is 0 Å². The number of piperazine rings is 1. The maximum Gasteiger partial charge on any atom is 0.0954 e. The number of fused-ring (bicyclic) bond motifs is 1. The molecule has 144 valence electrons. The molecule has 0 spiro atoms. The minimum atomic E-state index is -0.364. The Kier molecular flexibility index (Phi) is 6.20. The van der Waals surface area contributed by atoms with E-state index in [1.54, 1.807) is 0 Å². The molecule has 4 heteroatoms. The number of rotatable bonds is 6. The van der Waals surface area contributed by atoms with Crippen LogP contribution in [0.15, 0.2) is 54.6 Å². The fraction of sp³-hybridized carbons (Fsp3) is 0.478. The summed E-state index contributed by atoms with van der Waals surface area (Å²) < 4.78 is 6.07. The van der Waals surface area contributed by atoms with E-state index in [2.05, 4.69) is 34.1 Å². The maximum absolute atomic E-state index is 10.4. The molecule has 4 rings (SSSR count). The molecular weight excluding hydrogens is 336 g/mol. The number of hydrogen-bond acceptors (Lipinski definition) is 4. The fourth-order valence-electron chi connectivity index (χ4n) is 4.20. The Bertz CT molecular complexity index is 713. The lowest BCUT2D eigenvalue weighted by atomic mass is 9.97. The molecule has 4 nitrogen and oxygen atoms in total. The molecule has 2 aliphatic rings. The van der Waals surface area contributed by atoms with Gasteiger partial charge in [-0.3, -0.25) is 4.90 Å². The van der Waals surface area contributed by atoms with Crippen molar-refractivity contribution in [2.75, 3.05) is 45.9 Å². The van der Waals surface area contributed by atoms with Crippen molar-refractivity contribution in [2.45, 2.75) is 25.0 Å². The first kappa shape index (κ1) is 18.6. The molecule has 2 atom stereocenters. The number of aliphatic hydroxyl groups excluding tert-OH is 1. The van der Waals surface area contributed by atoms with Gasteiger partial charge in [0.1, 0.15) is 0 Å². The van der Waals surface area contributed by atoms with Gasteiger partial charge >= 0.3 is 0 Å². The number of hydrogen-bond donors (Lipinski definition) is 1. The molecule has 2 aliphatic heterocycles. The van der Waals surface area contributed by atoms with E-state index in [9.17, 15) is 5.11 Å². The Morgan fingerprint density at radius 1 is 0.926 bits per heavy atom. The second-order valence-electron chi connectivity index (χ2n) is 7.67. The maximum atomic E-state index is 10.4. The molecule has 0 bridgehead atoms. The predicted octanol–water partition coefficient (Wildman–Crippen LogP) is 3.04. The summed E-state index contributed by atoms with van der Waals surface area (Å²) in [5.74, 6) is 0. The van der Waals surface area contributed by atoms with Crippen LogP contribution in [0.25, 0.3) is 0 Å². The van der Waals surface area contributed by atoms with Crippen LogP contribution in [0.1, 0.15) is 35.3 Å². The molecule has 1 saturated heterocycles. The zero-order valence-electron chi connectivity index (χ0n) is 16.0. The molecule has 0 aromatic heterocycles. The smallest absolute Gasteiger partial charge is 0.0954 e. The topological polar surface area (TPSA) is 35.9 Å². The average molecular weight is 367 g/mol. The Balaban J connectivity index is 1.23. The Morgan fingerprint density at radius 2 is 1.63 bits per heavy atom. The lowest BCUT2D eigenvalue weighted by Crippen LogP contribution is -2.48. The van der Waals surface area contributed by atoms with Gasteiger partial charge in [0, 0.05) is 39.3 Å². The molecular formula is C23H30N2O2. The van der Waals surface area contributed by atoms with Gasteiger partial charge in [-0.2, -0.15) is 0 Å². The standard InChI is InChI=1S/C23H30N2O2/c26-22(20-7-2-1-3-8-20)10-12-24-13-15-25(16-14-24)18-23-21-9-5-4-6-19(21)11-17-27-23/h1-9,22-23,26H,10-18H2. The summed E-state index contributed by atoms with van der Waals surface area (Å²) in [5, 5.41) is 10.4. The molecule has 0 radical (unpaired) electrons. The average Bonchev–Trinajstić information content (AvgIpc) is 2.74. The van der Waals surface area contributed by atoms with E-state index in [-0.39, 0.29) is 12.2 Å². The van der Waals surface area contributed by atoms with Crippen LogP contribution < -0.4 is 0 Å². The lowest BCUT2D eigenvalue weighted by Gasteiger charge is -2.37. The van der Waals surface area contributed by atoms with Crippen molar-refractivity contribution in [3.63, 3.8) is 0 Å². The van der Waals surface area contributed by atoms with Crippen LogP contribution in [0.4, 0.5) is 0 Å². The van der Waals surface area contributed by atoms with E-state index in [1.165, 1.54) is 11.1 Å². The summed E-state index contributed by atoms with van der Waals surface area (Å²) >= 11 is 0. The monoisotopic (exact) mass is 366 g/mol. The van der Waals surface area contributed by atoms with Gasteiger partial charge in [-0.15, -0.1) is 0 Å². The van der Waals surface area contributed by atoms with Gasteiger partial charge in [0.05, 0.1) is 18.8 Å². The highest BCUT2D eigenvalue weighted by Crippen LogP contribution is 2.28. The third-order valence-corrected chi connectivity index (χ3v) is 5.88. The van der Waals surface area contributed by atoms with E-state index in [0.717, 1.165) is 64.3 Å². The van der Waals surface area contributed by atoms with Gasteiger partial charge < -0.3 is 14.7 Å². The second-order valence-corrected chi connectivity index (χ2v) is 7.67. The third kappa shape index (κ3) is 4.77. The van der Waals surface area contributed by atoms with Crippen molar-refractivity contribution in [1.82, 2.24) is 9.80 Å². The first-order valence-corrected chi connectivity index (χ1v) is 10.2. The summed E-state index contributed by atoms with van der Waals surface area (Å²) in [7, 11) is 0. The number of ether oxygens (including phenoxy) is 1. The minimum Gasteiger partial charge on any atom is -0.388 e. The molecule has 2 heterocycles. The predicted molar refractivity (Wildman–Crippen MR) is 108 cm³/mol. The van der Waals surface area contributed by atoms with Crippen LogP contribution in [-0.4, -0.2) is 60.8 Å². The second kappa shape index (κ2) is 8.98. The van der Waals surface area contributed by atoms with E-state index < -0.39 is 0 Å². The van der Waals surface area contributed by atoms with Crippen LogP contribution in [-0.2, 0) is 11.2 Å². The largest absolute Gasteiger partial charge is 0.388 e. The highest BCUT2D eigenvalue weighted by Gasteiger charge is 2.25. The van der Waals surface area contributed by atoms with E-state index in [1.807, 2.05) is 30.3 Å². The third-order valence-electron chi connectivity index (χ3n) is 5.88. The lowest BCUT2D eigenvalue weighted by molar-refractivity contribution is 0.00346. The normalized spacial score (nSPS) is 22.3. The van der Waals surface area contributed by atoms with E-state index >= 15 is 0 Å². The Labute approximate surface area is 162 Å².